The van der Waals surface area contributed by atoms with Crippen molar-refractivity contribution in [3.8, 4) is 17.1 Å². The van der Waals surface area contributed by atoms with Crippen molar-refractivity contribution in [2.24, 2.45) is 0 Å². The summed E-state index contributed by atoms with van der Waals surface area (Å²) in [5.74, 6) is 7.33. The number of aromatic nitrogens is 3. The highest BCUT2D eigenvalue weighted by atomic mass is 32.2. The molecule has 1 atom stereocenters. The van der Waals surface area contributed by atoms with E-state index in [0.29, 0.717) is 16.7 Å². The molecule has 0 bridgehead atoms. The highest BCUT2D eigenvalue weighted by Crippen LogP contribution is 2.37. The molecule has 0 fully saturated rings. The maximum atomic E-state index is 12.7. The van der Waals surface area contributed by atoms with Gasteiger partial charge in [-0.05, 0) is 17.7 Å². The molecule has 3 aromatic rings. The van der Waals surface area contributed by atoms with E-state index in [9.17, 15) is 4.79 Å². The third kappa shape index (κ3) is 3.90. The smallest absolute Gasteiger partial charge is 0.240 e. The number of methoxy groups -OCH3 is 1. The zero-order chi connectivity index (χ0) is 19.4. The quantitative estimate of drug-likeness (QED) is 0.520. The summed E-state index contributed by atoms with van der Waals surface area (Å²) in [6.45, 7) is 0. The number of amides is 1. The van der Waals surface area contributed by atoms with E-state index in [-0.39, 0.29) is 5.91 Å². The van der Waals surface area contributed by atoms with Crippen LogP contribution in [-0.4, -0.2) is 46.9 Å². The third-order valence-corrected chi connectivity index (χ3v) is 5.20. The summed E-state index contributed by atoms with van der Waals surface area (Å²) >= 11 is 1.27. The van der Waals surface area contributed by atoms with Gasteiger partial charge in [0.15, 0.2) is 5.82 Å². The molecule has 1 heterocycles. The van der Waals surface area contributed by atoms with Gasteiger partial charge >= 0.3 is 0 Å². The first-order valence-corrected chi connectivity index (χ1v) is 9.17. The number of para-hydroxylation sites is 1. The minimum absolute atomic E-state index is 0.0481. The van der Waals surface area contributed by atoms with Crippen LogP contribution in [0.15, 0.2) is 59.8 Å². The predicted octanol–water partition coefficient (Wildman–Crippen LogP) is 2.59. The molecule has 0 saturated carbocycles. The maximum Gasteiger partial charge on any atom is 0.240 e. The summed E-state index contributed by atoms with van der Waals surface area (Å²) in [7, 11) is 5.05. The van der Waals surface area contributed by atoms with Gasteiger partial charge in [0.2, 0.25) is 11.1 Å². The topological polar surface area (TPSA) is 86.3 Å². The van der Waals surface area contributed by atoms with Gasteiger partial charge in [-0.25, -0.2) is 4.68 Å². The van der Waals surface area contributed by atoms with Crippen LogP contribution in [0.2, 0.25) is 0 Å². The highest BCUT2D eigenvalue weighted by molar-refractivity contribution is 8.00. The number of likely N-dealkylation sites (N-methyl/N-ethyl adjacent to an activating group) is 1. The summed E-state index contributed by atoms with van der Waals surface area (Å²) in [5.41, 5.74) is 1.61. The first kappa shape index (κ1) is 18.8. The molecule has 1 unspecified atom stereocenters. The molecule has 7 nitrogen and oxygen atoms in total. The van der Waals surface area contributed by atoms with E-state index in [1.54, 1.807) is 26.1 Å². The van der Waals surface area contributed by atoms with Crippen molar-refractivity contribution in [3.63, 3.8) is 0 Å². The van der Waals surface area contributed by atoms with Crippen LogP contribution in [0, 0.1) is 0 Å². The average Bonchev–Trinajstić information content (AvgIpc) is 3.06. The number of rotatable bonds is 6. The van der Waals surface area contributed by atoms with Crippen molar-refractivity contribution in [1.82, 2.24) is 19.8 Å². The number of ether oxygens (including phenoxy) is 1. The second kappa shape index (κ2) is 8.13. The van der Waals surface area contributed by atoms with Gasteiger partial charge in [0, 0.05) is 14.1 Å². The Balaban J connectivity index is 1.96. The van der Waals surface area contributed by atoms with Gasteiger partial charge in [-0.3, -0.25) is 4.79 Å². The number of hydrogen-bond acceptors (Lipinski definition) is 6. The van der Waals surface area contributed by atoms with Gasteiger partial charge < -0.3 is 15.5 Å². The standard InChI is InChI=1S/C19H21N5O2S/c1-23(2)18(25)16(13-9-5-4-6-10-13)27-19-22-21-17(24(19)20)14-11-7-8-12-15(14)26-3/h4-12,16H,20H2,1-3H3. The molecule has 140 valence electrons. The number of thioether (sulfide) groups is 1. The number of nitrogens with zero attached hydrogens (tertiary/aromatic N) is 4. The van der Waals surface area contributed by atoms with Crippen LogP contribution >= 0.6 is 11.8 Å². The average molecular weight is 383 g/mol. The summed E-state index contributed by atoms with van der Waals surface area (Å²) in [6.07, 6.45) is 0. The van der Waals surface area contributed by atoms with Gasteiger partial charge in [0.05, 0.1) is 12.7 Å². The van der Waals surface area contributed by atoms with Crippen molar-refractivity contribution < 1.29 is 9.53 Å². The fourth-order valence-corrected chi connectivity index (χ4v) is 3.70. The monoisotopic (exact) mass is 383 g/mol. The summed E-state index contributed by atoms with van der Waals surface area (Å²) in [5, 5.41) is 8.38. The number of nitrogens with two attached hydrogens (primary N) is 1. The van der Waals surface area contributed by atoms with Crippen LogP contribution in [0.3, 0.4) is 0 Å². The zero-order valence-corrected chi connectivity index (χ0v) is 16.2. The minimum atomic E-state index is -0.474. The molecule has 27 heavy (non-hydrogen) atoms. The Kier molecular flexibility index (Phi) is 5.66. The second-order valence-corrected chi connectivity index (χ2v) is 7.09. The molecule has 1 aromatic heterocycles. The lowest BCUT2D eigenvalue weighted by Gasteiger charge is -2.20. The zero-order valence-electron chi connectivity index (χ0n) is 15.4. The molecular weight excluding hydrogens is 362 g/mol. The van der Waals surface area contributed by atoms with E-state index in [1.807, 2.05) is 54.6 Å². The lowest BCUT2D eigenvalue weighted by molar-refractivity contribution is -0.128. The van der Waals surface area contributed by atoms with Crippen molar-refractivity contribution in [2.75, 3.05) is 27.0 Å². The number of nitrogen functional groups attached to an aromatic ring is 1. The van der Waals surface area contributed by atoms with Crippen molar-refractivity contribution in [2.45, 2.75) is 10.4 Å². The molecule has 0 saturated heterocycles. The molecule has 0 aliphatic rings. The van der Waals surface area contributed by atoms with E-state index in [4.69, 9.17) is 10.6 Å². The summed E-state index contributed by atoms with van der Waals surface area (Å²) in [6, 6.07) is 17.0. The normalized spacial score (nSPS) is 11.8. The maximum absolute atomic E-state index is 12.7. The fourth-order valence-electron chi connectivity index (χ4n) is 2.60. The van der Waals surface area contributed by atoms with E-state index in [1.165, 1.54) is 16.4 Å². The Bertz CT molecular complexity index is 927. The van der Waals surface area contributed by atoms with Crippen molar-refractivity contribution in [1.29, 1.82) is 0 Å². The van der Waals surface area contributed by atoms with Gasteiger partial charge in [0.1, 0.15) is 11.0 Å². The van der Waals surface area contributed by atoms with Gasteiger partial charge in [0.25, 0.3) is 0 Å². The Hall–Kier alpha value is -3.00. The lowest BCUT2D eigenvalue weighted by Crippen LogP contribution is -2.27. The molecule has 0 aliphatic carbocycles. The van der Waals surface area contributed by atoms with Crippen LogP contribution in [0.1, 0.15) is 10.8 Å². The Labute approximate surface area is 162 Å². The molecule has 3 rings (SSSR count). The van der Waals surface area contributed by atoms with Crippen LogP contribution in [0.4, 0.5) is 0 Å². The predicted molar refractivity (Wildman–Crippen MR) is 106 cm³/mol. The van der Waals surface area contributed by atoms with Crippen LogP contribution in [0.5, 0.6) is 5.75 Å². The van der Waals surface area contributed by atoms with Crippen LogP contribution in [0.25, 0.3) is 11.4 Å². The molecular formula is C19H21N5O2S. The van der Waals surface area contributed by atoms with E-state index >= 15 is 0 Å². The van der Waals surface area contributed by atoms with Gasteiger partial charge in [-0.2, -0.15) is 0 Å². The van der Waals surface area contributed by atoms with Crippen LogP contribution in [-0.2, 0) is 4.79 Å². The fraction of sp³-hybridized carbons (Fsp3) is 0.211. The number of carbonyl (C=O) groups excluding carboxylic acids is 1. The highest BCUT2D eigenvalue weighted by Gasteiger charge is 2.27. The molecule has 0 aliphatic heterocycles. The van der Waals surface area contributed by atoms with E-state index in [0.717, 1.165) is 11.1 Å². The molecule has 8 heteroatoms. The molecule has 0 spiro atoms. The number of hydrogen-bond donors (Lipinski definition) is 1. The Morgan fingerprint density at radius 3 is 2.44 bits per heavy atom. The van der Waals surface area contributed by atoms with E-state index in [2.05, 4.69) is 10.2 Å². The largest absolute Gasteiger partial charge is 0.496 e. The van der Waals surface area contributed by atoms with E-state index < -0.39 is 5.25 Å². The Morgan fingerprint density at radius 2 is 1.78 bits per heavy atom. The number of carbonyl (C=O) groups is 1. The molecule has 2 N–H and O–H groups in total. The number of benzene rings is 2. The van der Waals surface area contributed by atoms with Gasteiger partial charge in [-0.1, -0.05) is 54.2 Å². The first-order valence-electron chi connectivity index (χ1n) is 8.29. The molecule has 2 aromatic carbocycles. The van der Waals surface area contributed by atoms with Crippen LogP contribution < -0.4 is 10.6 Å². The molecule has 1 amide bonds. The first-order chi connectivity index (χ1) is 13.0. The molecule has 0 radical (unpaired) electrons. The lowest BCUT2D eigenvalue weighted by atomic mass is 10.1. The Morgan fingerprint density at radius 1 is 1.11 bits per heavy atom. The SMILES string of the molecule is COc1ccccc1-c1nnc(SC(C(=O)N(C)C)c2ccccc2)n1N. The van der Waals surface area contributed by atoms with Crippen molar-refractivity contribution >= 4 is 17.7 Å². The minimum Gasteiger partial charge on any atom is -0.496 e. The summed E-state index contributed by atoms with van der Waals surface area (Å²) < 4.78 is 6.77. The summed E-state index contributed by atoms with van der Waals surface area (Å²) in [4.78, 5) is 14.3. The third-order valence-electron chi connectivity index (χ3n) is 4.00. The van der Waals surface area contributed by atoms with Gasteiger partial charge in [-0.15, -0.1) is 10.2 Å². The second-order valence-electron chi connectivity index (χ2n) is 6.02. The van der Waals surface area contributed by atoms with Crippen molar-refractivity contribution in [3.05, 3.63) is 60.2 Å².